The van der Waals surface area contributed by atoms with Crippen molar-refractivity contribution in [1.29, 1.82) is 0 Å². The molecule has 1 aliphatic rings. The van der Waals surface area contributed by atoms with Gasteiger partial charge in [0.05, 0.1) is 11.6 Å². The Morgan fingerprint density at radius 2 is 2.09 bits per heavy atom. The molecule has 2 aromatic heterocycles. The van der Waals surface area contributed by atoms with Gasteiger partial charge in [-0.15, -0.1) is 33.9 Å². The predicted molar refractivity (Wildman–Crippen MR) is 90.5 cm³/mol. The lowest BCUT2D eigenvalue weighted by molar-refractivity contribution is 0.508. The fourth-order valence-corrected chi connectivity index (χ4v) is 3.54. The van der Waals surface area contributed by atoms with Crippen LogP contribution in [0.15, 0.2) is 29.6 Å². The first-order valence-corrected chi connectivity index (χ1v) is 7.92. The summed E-state index contributed by atoms with van der Waals surface area (Å²) in [4.78, 5) is 4.68. The van der Waals surface area contributed by atoms with E-state index in [1.807, 2.05) is 29.6 Å². The highest BCUT2D eigenvalue weighted by Crippen LogP contribution is 2.32. The van der Waals surface area contributed by atoms with Crippen molar-refractivity contribution in [1.82, 2.24) is 25.1 Å². The van der Waals surface area contributed by atoms with Crippen LogP contribution >= 0.6 is 35.3 Å². The van der Waals surface area contributed by atoms with Crippen LogP contribution < -0.4 is 5.32 Å². The third kappa shape index (κ3) is 2.63. The number of benzene rings is 1. The summed E-state index contributed by atoms with van der Waals surface area (Å²) < 4.78 is 2.13. The monoisotopic (exact) mass is 353 g/mol. The van der Waals surface area contributed by atoms with Crippen molar-refractivity contribution >= 4 is 35.3 Å². The molecule has 3 aromatic rings. The van der Waals surface area contributed by atoms with E-state index in [1.54, 1.807) is 11.3 Å². The fourth-order valence-electron chi connectivity index (χ4n) is 2.42. The molecule has 0 unspecified atom stereocenters. The van der Waals surface area contributed by atoms with E-state index < -0.39 is 0 Å². The molecule has 3 heterocycles. The lowest BCUT2D eigenvalue weighted by Crippen LogP contribution is -2.28. The summed E-state index contributed by atoms with van der Waals surface area (Å²) in [5.74, 6) is 1.80. The number of thiazole rings is 1. The van der Waals surface area contributed by atoms with Gasteiger partial charge in [0.1, 0.15) is 16.5 Å². The molecule has 0 saturated heterocycles. The summed E-state index contributed by atoms with van der Waals surface area (Å²) in [5.41, 5.74) is 1.81. The number of nitrogens with one attached hydrogen (secondary N) is 1. The molecule has 22 heavy (non-hydrogen) atoms. The van der Waals surface area contributed by atoms with E-state index >= 15 is 0 Å². The summed E-state index contributed by atoms with van der Waals surface area (Å²) in [6, 6.07) is 7.74. The average Bonchev–Trinajstić information content (AvgIpc) is 3.14. The largest absolute Gasteiger partial charge is 0.308 e. The first-order chi connectivity index (χ1) is 10.3. The Labute approximate surface area is 142 Å². The number of hydrogen-bond acceptors (Lipinski definition) is 5. The minimum atomic E-state index is 0. The Hall–Kier alpha value is -1.47. The summed E-state index contributed by atoms with van der Waals surface area (Å²) >= 11 is 7.81. The summed E-state index contributed by atoms with van der Waals surface area (Å²) in [6.07, 6.45) is 0. The van der Waals surface area contributed by atoms with Crippen LogP contribution in [0.3, 0.4) is 0 Å². The van der Waals surface area contributed by atoms with Gasteiger partial charge in [-0.25, -0.2) is 4.98 Å². The van der Waals surface area contributed by atoms with Crippen molar-refractivity contribution in [3.63, 3.8) is 0 Å². The first-order valence-electron chi connectivity index (χ1n) is 6.66. The summed E-state index contributed by atoms with van der Waals surface area (Å²) in [6.45, 7) is 2.56. The van der Waals surface area contributed by atoms with Gasteiger partial charge in [-0.3, -0.25) is 0 Å². The smallest absolute Gasteiger partial charge is 0.183 e. The molecule has 8 heteroatoms. The second kappa shape index (κ2) is 6.34. The van der Waals surface area contributed by atoms with E-state index in [9.17, 15) is 0 Å². The van der Waals surface area contributed by atoms with E-state index in [0.29, 0.717) is 5.02 Å². The molecule has 0 aliphatic carbocycles. The number of hydrogen-bond donors (Lipinski definition) is 1. The van der Waals surface area contributed by atoms with Gasteiger partial charge in [0, 0.05) is 24.0 Å². The lowest BCUT2D eigenvalue weighted by atomic mass is 10.2. The molecule has 0 atom stereocenters. The summed E-state index contributed by atoms with van der Waals surface area (Å²) in [7, 11) is 0. The summed E-state index contributed by atoms with van der Waals surface area (Å²) in [5, 5.41) is 15.4. The second-order valence-corrected chi connectivity index (χ2v) is 6.05. The molecule has 5 nitrogen and oxygen atoms in total. The van der Waals surface area contributed by atoms with E-state index in [2.05, 4.69) is 25.1 Å². The van der Waals surface area contributed by atoms with Crippen molar-refractivity contribution < 1.29 is 0 Å². The first kappa shape index (κ1) is 15.4. The fraction of sp³-hybridized carbons (Fsp3) is 0.214. The van der Waals surface area contributed by atoms with Crippen LogP contribution in [0.1, 0.15) is 5.82 Å². The van der Waals surface area contributed by atoms with Crippen molar-refractivity contribution in [3.05, 3.63) is 40.5 Å². The number of fused-ring (bicyclic) bond motifs is 1. The molecule has 1 N–H and O–H groups in total. The number of halogens is 2. The van der Waals surface area contributed by atoms with Crippen LogP contribution in [0.25, 0.3) is 22.1 Å². The number of rotatable bonds is 2. The van der Waals surface area contributed by atoms with Gasteiger partial charge in [-0.2, -0.15) is 0 Å². The van der Waals surface area contributed by atoms with Gasteiger partial charge in [-0.05, 0) is 6.07 Å². The molecule has 0 bridgehead atoms. The maximum Gasteiger partial charge on any atom is 0.183 e. The zero-order valence-corrected chi connectivity index (χ0v) is 13.9. The SMILES string of the molecule is Cl.Clc1ccccc1-c1nc(-c2nnc3n2CCNC3)cs1. The lowest BCUT2D eigenvalue weighted by Gasteiger charge is -2.15. The minimum Gasteiger partial charge on any atom is -0.308 e. The number of aromatic nitrogens is 4. The standard InChI is InChI=1S/C14H12ClN5S.ClH/c15-10-4-2-1-3-9(10)14-17-11(8-21-14)13-19-18-12-7-16-5-6-20(12)13;/h1-4,8,16H,5-7H2;1H. The van der Waals surface area contributed by atoms with Gasteiger partial charge in [-0.1, -0.05) is 29.8 Å². The van der Waals surface area contributed by atoms with Crippen LogP contribution in [0.4, 0.5) is 0 Å². The molecular formula is C14H13Cl2N5S. The average molecular weight is 354 g/mol. The van der Waals surface area contributed by atoms with Crippen molar-refractivity contribution in [2.24, 2.45) is 0 Å². The predicted octanol–water partition coefficient (Wildman–Crippen LogP) is 3.25. The molecular weight excluding hydrogens is 341 g/mol. The third-order valence-corrected chi connectivity index (χ3v) is 4.67. The normalized spacial score (nSPS) is 13.5. The molecule has 0 fully saturated rings. The van der Waals surface area contributed by atoms with Crippen LogP contribution in [-0.2, 0) is 13.1 Å². The molecule has 4 rings (SSSR count). The zero-order chi connectivity index (χ0) is 14.2. The zero-order valence-electron chi connectivity index (χ0n) is 11.5. The highest BCUT2D eigenvalue weighted by molar-refractivity contribution is 7.13. The van der Waals surface area contributed by atoms with E-state index in [0.717, 1.165) is 47.5 Å². The Kier molecular flexibility index (Phi) is 4.44. The van der Waals surface area contributed by atoms with Crippen LogP contribution in [0.5, 0.6) is 0 Å². The third-order valence-electron chi connectivity index (χ3n) is 3.46. The van der Waals surface area contributed by atoms with Crippen LogP contribution in [0.2, 0.25) is 5.02 Å². The molecule has 0 amide bonds. The van der Waals surface area contributed by atoms with E-state index in [-0.39, 0.29) is 12.4 Å². The van der Waals surface area contributed by atoms with Gasteiger partial charge in [0.2, 0.25) is 0 Å². The second-order valence-electron chi connectivity index (χ2n) is 4.79. The highest BCUT2D eigenvalue weighted by atomic mass is 35.5. The van der Waals surface area contributed by atoms with Crippen molar-refractivity contribution in [3.8, 4) is 22.1 Å². The number of nitrogens with zero attached hydrogens (tertiary/aromatic N) is 4. The maximum absolute atomic E-state index is 6.23. The quantitative estimate of drug-likeness (QED) is 0.768. The van der Waals surface area contributed by atoms with Gasteiger partial charge >= 0.3 is 0 Å². The van der Waals surface area contributed by atoms with Gasteiger partial charge in [0.25, 0.3) is 0 Å². The molecule has 0 spiro atoms. The molecule has 0 saturated carbocycles. The Morgan fingerprint density at radius 1 is 1.23 bits per heavy atom. The van der Waals surface area contributed by atoms with Crippen LogP contribution in [0, 0.1) is 0 Å². The maximum atomic E-state index is 6.23. The minimum absolute atomic E-state index is 0. The molecule has 114 valence electrons. The molecule has 1 aromatic carbocycles. The van der Waals surface area contributed by atoms with Gasteiger partial charge in [0.15, 0.2) is 5.82 Å². The van der Waals surface area contributed by atoms with Crippen LogP contribution in [-0.4, -0.2) is 26.3 Å². The van der Waals surface area contributed by atoms with Crippen molar-refractivity contribution in [2.45, 2.75) is 13.1 Å². The molecule has 0 radical (unpaired) electrons. The topological polar surface area (TPSA) is 55.6 Å². The highest BCUT2D eigenvalue weighted by Gasteiger charge is 2.19. The Balaban J connectivity index is 0.00000144. The Morgan fingerprint density at radius 3 is 2.95 bits per heavy atom. The Bertz CT molecular complexity index is 798. The van der Waals surface area contributed by atoms with E-state index in [4.69, 9.17) is 11.6 Å². The van der Waals surface area contributed by atoms with Gasteiger partial charge < -0.3 is 9.88 Å². The van der Waals surface area contributed by atoms with Crippen molar-refractivity contribution in [2.75, 3.05) is 6.54 Å². The molecule has 1 aliphatic heterocycles. The van der Waals surface area contributed by atoms with E-state index in [1.165, 1.54) is 0 Å².